The van der Waals surface area contributed by atoms with Crippen LogP contribution in [0.3, 0.4) is 0 Å². The van der Waals surface area contributed by atoms with Gasteiger partial charge in [-0.3, -0.25) is 19.7 Å². The number of amides is 2. The number of carbonyl (C=O) groups is 2. The summed E-state index contributed by atoms with van der Waals surface area (Å²) in [7, 11) is 1.24. The normalized spacial score (nSPS) is 11.8. The molecule has 0 aliphatic rings. The molecule has 2 aromatic rings. The number of halogens is 1. The number of hydrogen-bond donors (Lipinski definition) is 1. The maximum absolute atomic E-state index is 13.1. The lowest BCUT2D eigenvalue weighted by Gasteiger charge is -2.27. The molecule has 0 heterocycles. The predicted octanol–water partition coefficient (Wildman–Crippen LogP) is 3.98. The third-order valence-corrected chi connectivity index (χ3v) is 4.48. The molecule has 6 nitrogen and oxygen atoms in total. The van der Waals surface area contributed by atoms with Crippen LogP contribution in [-0.4, -0.2) is 41.3 Å². The Balaban J connectivity index is 2.42. The summed E-state index contributed by atoms with van der Waals surface area (Å²) >= 11 is 0. The second-order valence-corrected chi connectivity index (χ2v) is 7.29. The van der Waals surface area contributed by atoms with Crippen LogP contribution < -0.4 is 0 Å². The third kappa shape index (κ3) is 5.98. The minimum absolute atomic E-state index is 0.122. The first-order valence-corrected chi connectivity index (χ1v) is 9.56. The Labute approximate surface area is 176 Å². The first-order chi connectivity index (χ1) is 14.2. The Bertz CT molecular complexity index is 908. The summed E-state index contributed by atoms with van der Waals surface area (Å²) in [6.07, 6.45) is 0.593. The van der Waals surface area contributed by atoms with Gasteiger partial charge >= 0.3 is 0 Å². The van der Waals surface area contributed by atoms with Gasteiger partial charge in [0.2, 0.25) is 6.41 Å². The van der Waals surface area contributed by atoms with Crippen LogP contribution in [0.5, 0.6) is 0 Å². The molecule has 0 radical (unpaired) electrons. The maximum Gasteiger partial charge on any atom is 0.275 e. The van der Waals surface area contributed by atoms with Crippen LogP contribution in [0.25, 0.3) is 5.70 Å². The van der Waals surface area contributed by atoms with Crippen LogP contribution >= 0.6 is 0 Å². The van der Waals surface area contributed by atoms with E-state index in [4.69, 9.17) is 4.74 Å². The maximum atomic E-state index is 13.1. The molecule has 0 bridgehead atoms. The lowest BCUT2D eigenvalue weighted by atomic mass is 9.94. The summed E-state index contributed by atoms with van der Waals surface area (Å²) in [6, 6.07) is 13.3. The minimum Gasteiger partial charge on any atom is -0.356 e. The van der Waals surface area contributed by atoms with Crippen LogP contribution in [-0.2, 0) is 20.9 Å². The van der Waals surface area contributed by atoms with Gasteiger partial charge in [0.15, 0.2) is 0 Å². The molecule has 0 saturated carbocycles. The molecule has 0 saturated heterocycles. The van der Waals surface area contributed by atoms with Crippen molar-refractivity contribution < 1.29 is 23.9 Å². The fourth-order valence-electron chi connectivity index (χ4n) is 3.05. The van der Waals surface area contributed by atoms with Gasteiger partial charge < -0.3 is 4.74 Å². The monoisotopic (exact) mass is 414 g/mol. The predicted molar refractivity (Wildman–Crippen MR) is 111 cm³/mol. The molecule has 0 aliphatic heterocycles. The fourth-order valence-corrected chi connectivity index (χ4v) is 3.05. The number of likely N-dealkylation sites (N-methyl/N-ethyl adjacent to an activating group) is 1. The highest BCUT2D eigenvalue weighted by Gasteiger charge is 2.26. The quantitative estimate of drug-likeness (QED) is 0.222. The fraction of sp³-hybridized carbons (Fsp3) is 0.304. The van der Waals surface area contributed by atoms with Crippen molar-refractivity contribution in [2.45, 2.75) is 27.4 Å². The third-order valence-electron chi connectivity index (χ3n) is 4.48. The largest absolute Gasteiger partial charge is 0.356 e. The zero-order valence-electron chi connectivity index (χ0n) is 17.6. The van der Waals surface area contributed by atoms with Gasteiger partial charge in [0.05, 0.1) is 12.3 Å². The van der Waals surface area contributed by atoms with Gasteiger partial charge in [0.25, 0.3) is 5.91 Å². The van der Waals surface area contributed by atoms with E-state index in [1.165, 1.54) is 24.1 Å². The van der Waals surface area contributed by atoms with E-state index in [2.05, 4.69) is 0 Å². The van der Waals surface area contributed by atoms with Gasteiger partial charge in [-0.05, 0) is 42.2 Å². The van der Waals surface area contributed by atoms with Gasteiger partial charge in [0, 0.05) is 12.6 Å². The highest BCUT2D eigenvalue weighted by molar-refractivity contribution is 6.01. The van der Waals surface area contributed by atoms with Gasteiger partial charge in [-0.2, -0.15) is 0 Å². The number of nitrogens with zero attached hydrogens (tertiary/aromatic N) is 2. The van der Waals surface area contributed by atoms with E-state index in [1.54, 1.807) is 18.2 Å². The second kappa shape index (κ2) is 10.7. The van der Waals surface area contributed by atoms with Crippen LogP contribution in [0.15, 0.2) is 54.1 Å². The molecular formula is C23H27FN2O4. The van der Waals surface area contributed by atoms with Gasteiger partial charge in [0.1, 0.15) is 12.5 Å². The molecule has 160 valence electrons. The lowest BCUT2D eigenvalue weighted by molar-refractivity contribution is -0.155. The molecule has 1 N–H and O–H groups in total. The summed E-state index contributed by atoms with van der Waals surface area (Å²) in [4.78, 5) is 26.0. The van der Waals surface area contributed by atoms with E-state index in [-0.39, 0.29) is 30.6 Å². The van der Waals surface area contributed by atoms with Crippen molar-refractivity contribution in [1.82, 2.24) is 9.96 Å². The van der Waals surface area contributed by atoms with E-state index in [0.717, 1.165) is 11.1 Å². The number of benzene rings is 2. The average Bonchev–Trinajstić information content (AvgIpc) is 2.70. The highest BCUT2D eigenvalue weighted by Crippen LogP contribution is 2.29. The van der Waals surface area contributed by atoms with Crippen molar-refractivity contribution in [3.8, 4) is 0 Å². The number of carbonyl (C=O) groups excluding carboxylic acids is 2. The zero-order chi connectivity index (χ0) is 22.3. The first kappa shape index (κ1) is 23.3. The van der Waals surface area contributed by atoms with Crippen LogP contribution in [0, 0.1) is 18.7 Å². The van der Waals surface area contributed by atoms with Crippen molar-refractivity contribution in [2.24, 2.45) is 5.92 Å². The topological polar surface area (TPSA) is 70.1 Å². The molecule has 30 heavy (non-hydrogen) atoms. The molecule has 0 aromatic heterocycles. The van der Waals surface area contributed by atoms with Crippen LogP contribution in [0.2, 0.25) is 0 Å². The number of aryl methyl sites for hydroxylation is 1. The summed E-state index contributed by atoms with van der Waals surface area (Å²) in [5, 5.41) is 10.3. The molecule has 7 heteroatoms. The second-order valence-electron chi connectivity index (χ2n) is 7.29. The van der Waals surface area contributed by atoms with Gasteiger partial charge in [-0.1, -0.05) is 49.7 Å². The van der Waals surface area contributed by atoms with E-state index in [0.29, 0.717) is 22.7 Å². The summed E-state index contributed by atoms with van der Waals surface area (Å²) in [6.45, 7) is 5.58. The summed E-state index contributed by atoms with van der Waals surface area (Å²) in [5.74, 6) is -1.22. The van der Waals surface area contributed by atoms with Crippen molar-refractivity contribution >= 4 is 18.0 Å². The standard InChI is InChI=1S/C23H27FN2O4/c1-16(2)21(23(28)25(4)29)22(19-7-5-6-17(3)12-19)26(14-27)15-30-13-18-8-10-20(24)11-9-18/h5-12,14,16,29H,13,15H2,1-4H3/b22-21-. The van der Waals surface area contributed by atoms with Crippen LogP contribution in [0.1, 0.15) is 30.5 Å². The Morgan fingerprint density at radius 2 is 1.87 bits per heavy atom. The zero-order valence-corrected chi connectivity index (χ0v) is 17.6. The van der Waals surface area contributed by atoms with Crippen molar-refractivity contribution in [1.29, 1.82) is 0 Å². The van der Waals surface area contributed by atoms with E-state index >= 15 is 0 Å². The SMILES string of the molecule is Cc1cccc(/C(=C(/C(=O)N(C)O)C(C)C)N(C=O)COCc2ccc(F)cc2)c1. The molecule has 0 spiro atoms. The van der Waals surface area contributed by atoms with Crippen molar-refractivity contribution in [3.05, 3.63) is 76.6 Å². The number of hydrogen-bond acceptors (Lipinski definition) is 4. The van der Waals surface area contributed by atoms with E-state index < -0.39 is 5.91 Å². The molecular weight excluding hydrogens is 387 g/mol. The Hall–Kier alpha value is -3.03. The number of ether oxygens (including phenoxy) is 1. The van der Waals surface area contributed by atoms with E-state index in [9.17, 15) is 19.2 Å². The molecule has 0 fully saturated rings. The minimum atomic E-state index is -0.605. The smallest absolute Gasteiger partial charge is 0.275 e. The molecule has 2 amide bonds. The Morgan fingerprint density at radius 3 is 2.40 bits per heavy atom. The highest BCUT2D eigenvalue weighted by atomic mass is 19.1. The summed E-state index contributed by atoms with van der Waals surface area (Å²) in [5.41, 5.74) is 3.01. The van der Waals surface area contributed by atoms with Gasteiger partial charge in [-0.15, -0.1) is 0 Å². The number of rotatable bonds is 9. The molecule has 2 aromatic carbocycles. The van der Waals surface area contributed by atoms with Crippen molar-refractivity contribution in [3.63, 3.8) is 0 Å². The number of hydroxylamine groups is 2. The molecule has 2 rings (SSSR count). The first-order valence-electron chi connectivity index (χ1n) is 9.56. The Morgan fingerprint density at radius 1 is 1.20 bits per heavy atom. The average molecular weight is 414 g/mol. The van der Waals surface area contributed by atoms with Gasteiger partial charge in [-0.25, -0.2) is 9.45 Å². The molecule has 0 unspecified atom stereocenters. The summed E-state index contributed by atoms with van der Waals surface area (Å²) < 4.78 is 18.7. The lowest BCUT2D eigenvalue weighted by Crippen LogP contribution is -2.32. The van der Waals surface area contributed by atoms with E-state index in [1.807, 2.05) is 39.0 Å². The molecule has 0 aliphatic carbocycles. The Kier molecular flexibility index (Phi) is 8.26. The molecule has 0 atom stereocenters. The van der Waals surface area contributed by atoms with Crippen molar-refractivity contribution in [2.75, 3.05) is 13.8 Å². The van der Waals surface area contributed by atoms with Crippen LogP contribution in [0.4, 0.5) is 4.39 Å².